The molecule has 17 rings (SSSR count). The molecule has 3 heterocycles. The second-order valence-corrected chi connectivity index (χ2v) is 21.4. The molecule has 13 aromatic carbocycles. The van der Waals surface area contributed by atoms with Crippen LogP contribution in [0.3, 0.4) is 0 Å². The zero-order valence-electron chi connectivity index (χ0n) is 43.5. The van der Waals surface area contributed by atoms with Crippen molar-refractivity contribution >= 4 is 71.6 Å². The first-order valence-electron chi connectivity index (χ1n) is 27.7. The van der Waals surface area contributed by atoms with Crippen molar-refractivity contribution in [2.45, 2.75) is 5.41 Å². The van der Waals surface area contributed by atoms with Crippen LogP contribution >= 0.6 is 0 Å². The van der Waals surface area contributed by atoms with E-state index in [0.29, 0.717) is 0 Å². The minimum atomic E-state index is -0.555. The SMILES string of the molecule is c1ccc(-c2ccc(-c3ccccc3N(c3ccc(-c4cccc5c4oc4ccccc45)cc3)c3ccc(-c4ccc5c(c4)C4(c6ccccc6-5)c5ccccc5-n5c6ccccc6c6cccc4c65)c4ccccc34)cc2)cc1. The molecule has 15 aromatic rings. The van der Waals surface area contributed by atoms with E-state index in [1.54, 1.807) is 0 Å². The summed E-state index contributed by atoms with van der Waals surface area (Å²) in [5, 5.41) is 7.15. The molecule has 372 valence electrons. The summed E-state index contributed by atoms with van der Waals surface area (Å²) < 4.78 is 9.09. The standard InChI is InChI=1S/C77H48N2O/c1-2-18-49(19-3-1)50-36-38-51(39-37-50)56-20-7-12-32-70(56)78(54-43-40-52(41-44-54)57-26-16-28-65-63-25-9-15-35-74(63)80-76(57)65)72-47-46-55(58-21-4-5-23-61(58)72)53-42-45-60-59-22-6-10-29-66(59)77(69(60)48-53)67-30-11-14-34-73(67)79-71-33-13-8-24-62(71)64-27-17-31-68(77)75(64)79/h1-48H. The molecule has 1 aliphatic heterocycles. The summed E-state index contributed by atoms with van der Waals surface area (Å²) in [4.78, 5) is 2.46. The average Bonchev–Trinajstić information content (AvgIpc) is 4.31. The Morgan fingerprint density at radius 1 is 0.300 bits per heavy atom. The zero-order valence-corrected chi connectivity index (χ0v) is 43.5. The van der Waals surface area contributed by atoms with Crippen LogP contribution in [-0.4, -0.2) is 4.57 Å². The molecule has 1 atom stereocenters. The van der Waals surface area contributed by atoms with Gasteiger partial charge in [0, 0.05) is 43.7 Å². The Morgan fingerprint density at radius 3 is 1.73 bits per heavy atom. The monoisotopic (exact) mass is 1020 g/mol. The van der Waals surface area contributed by atoms with Gasteiger partial charge >= 0.3 is 0 Å². The molecule has 0 fully saturated rings. The number of hydrogen-bond donors (Lipinski definition) is 0. The molecule has 2 aromatic heterocycles. The van der Waals surface area contributed by atoms with E-state index in [2.05, 4.69) is 295 Å². The van der Waals surface area contributed by atoms with Gasteiger partial charge < -0.3 is 13.9 Å². The molecule has 3 heteroatoms. The summed E-state index contributed by atoms with van der Waals surface area (Å²) in [6.45, 7) is 0. The average molecular weight is 1020 g/mol. The van der Waals surface area contributed by atoms with Crippen molar-refractivity contribution in [2.24, 2.45) is 0 Å². The number of hydrogen-bond acceptors (Lipinski definition) is 2. The summed E-state index contributed by atoms with van der Waals surface area (Å²) in [5.74, 6) is 0. The van der Waals surface area contributed by atoms with E-state index in [-0.39, 0.29) is 0 Å². The van der Waals surface area contributed by atoms with E-state index in [1.807, 2.05) is 6.07 Å². The van der Waals surface area contributed by atoms with E-state index >= 15 is 0 Å². The third-order valence-electron chi connectivity index (χ3n) is 17.4. The van der Waals surface area contributed by atoms with Gasteiger partial charge in [-0.05, 0) is 121 Å². The lowest BCUT2D eigenvalue weighted by atomic mass is 9.65. The van der Waals surface area contributed by atoms with E-state index in [4.69, 9.17) is 4.42 Å². The zero-order chi connectivity index (χ0) is 52.5. The van der Waals surface area contributed by atoms with Crippen LogP contribution in [0.15, 0.2) is 296 Å². The molecule has 0 saturated carbocycles. The Bertz CT molecular complexity index is 5000. The highest BCUT2D eigenvalue weighted by molar-refractivity contribution is 6.14. The summed E-state index contributed by atoms with van der Waals surface area (Å²) in [6, 6.07) is 107. The van der Waals surface area contributed by atoms with Crippen molar-refractivity contribution in [1.82, 2.24) is 4.57 Å². The van der Waals surface area contributed by atoms with Gasteiger partial charge in [0.1, 0.15) is 11.2 Å². The van der Waals surface area contributed by atoms with Crippen molar-refractivity contribution in [2.75, 3.05) is 4.90 Å². The molecule has 0 saturated heterocycles. The van der Waals surface area contributed by atoms with Crippen molar-refractivity contribution in [1.29, 1.82) is 0 Å². The van der Waals surface area contributed by atoms with Gasteiger partial charge in [-0.25, -0.2) is 0 Å². The molecule has 0 N–H and O–H groups in total. The third kappa shape index (κ3) is 6.31. The van der Waals surface area contributed by atoms with Crippen molar-refractivity contribution in [3.8, 4) is 61.3 Å². The molecular weight excluding hydrogens is 969 g/mol. The van der Waals surface area contributed by atoms with Crippen LogP contribution in [0.25, 0.3) is 116 Å². The molecule has 80 heavy (non-hydrogen) atoms. The first kappa shape index (κ1) is 44.6. The van der Waals surface area contributed by atoms with E-state index in [9.17, 15) is 0 Å². The lowest BCUT2D eigenvalue weighted by molar-refractivity contribution is 0.670. The number of fused-ring (bicyclic) bond motifs is 16. The molecule has 1 aliphatic carbocycles. The smallest absolute Gasteiger partial charge is 0.143 e. The Labute approximate surface area is 463 Å². The second-order valence-electron chi connectivity index (χ2n) is 21.4. The predicted octanol–water partition coefficient (Wildman–Crippen LogP) is 20.7. The highest BCUT2D eigenvalue weighted by atomic mass is 16.3. The second kappa shape index (κ2) is 17.3. The maximum Gasteiger partial charge on any atom is 0.143 e. The molecule has 0 bridgehead atoms. The maximum absolute atomic E-state index is 6.57. The van der Waals surface area contributed by atoms with Crippen LogP contribution in [0, 0.1) is 0 Å². The molecule has 2 aliphatic rings. The number of benzene rings is 13. The lowest BCUT2D eigenvalue weighted by Crippen LogP contribution is -2.33. The van der Waals surface area contributed by atoms with Crippen LogP contribution in [0.5, 0.6) is 0 Å². The van der Waals surface area contributed by atoms with Gasteiger partial charge in [-0.1, -0.05) is 243 Å². The van der Waals surface area contributed by atoms with Crippen LogP contribution < -0.4 is 4.90 Å². The van der Waals surface area contributed by atoms with Gasteiger partial charge in [0.2, 0.25) is 0 Å². The summed E-state index contributed by atoms with van der Waals surface area (Å²) >= 11 is 0. The van der Waals surface area contributed by atoms with Crippen LogP contribution in [0.1, 0.15) is 22.3 Å². The fraction of sp³-hybridized carbons (Fsp3) is 0.0130. The van der Waals surface area contributed by atoms with Gasteiger partial charge in [0.05, 0.1) is 33.5 Å². The van der Waals surface area contributed by atoms with E-state index < -0.39 is 5.41 Å². The summed E-state index contributed by atoms with van der Waals surface area (Å²) in [7, 11) is 0. The van der Waals surface area contributed by atoms with E-state index in [1.165, 1.54) is 88.5 Å². The van der Waals surface area contributed by atoms with Crippen molar-refractivity contribution in [3.05, 3.63) is 313 Å². The molecule has 0 amide bonds. The highest BCUT2D eigenvalue weighted by Crippen LogP contribution is 2.62. The minimum Gasteiger partial charge on any atom is -0.455 e. The maximum atomic E-state index is 6.57. The molecule has 3 nitrogen and oxygen atoms in total. The Hall–Kier alpha value is -10.5. The van der Waals surface area contributed by atoms with Gasteiger partial charge in [-0.2, -0.15) is 0 Å². The normalized spacial score (nSPS) is 14.1. The molecule has 1 unspecified atom stereocenters. The molecule has 1 spiro atoms. The number of rotatable bonds is 7. The third-order valence-corrected chi connectivity index (χ3v) is 17.4. The lowest BCUT2D eigenvalue weighted by Gasteiger charge is -2.39. The van der Waals surface area contributed by atoms with Gasteiger partial charge in [0.15, 0.2) is 0 Å². The first-order chi connectivity index (χ1) is 39.7. The molecular formula is C77H48N2O. The Kier molecular flexibility index (Phi) is 9.63. The Morgan fingerprint density at radius 2 is 0.863 bits per heavy atom. The molecule has 0 radical (unpaired) electrons. The van der Waals surface area contributed by atoms with E-state index in [0.717, 1.165) is 66.6 Å². The number of nitrogens with zero attached hydrogens (tertiary/aromatic N) is 2. The fourth-order valence-electron chi connectivity index (χ4n) is 14.0. The quantitative estimate of drug-likeness (QED) is 0.159. The van der Waals surface area contributed by atoms with Crippen molar-refractivity contribution in [3.63, 3.8) is 0 Å². The number of para-hydroxylation sites is 6. The van der Waals surface area contributed by atoms with Crippen LogP contribution in [0.2, 0.25) is 0 Å². The first-order valence-corrected chi connectivity index (χ1v) is 27.7. The Balaban J connectivity index is 0.858. The predicted molar refractivity (Wildman–Crippen MR) is 333 cm³/mol. The van der Waals surface area contributed by atoms with Gasteiger partial charge in [-0.3, -0.25) is 0 Å². The minimum absolute atomic E-state index is 0.555. The highest BCUT2D eigenvalue weighted by Gasteiger charge is 2.51. The van der Waals surface area contributed by atoms with Gasteiger partial charge in [0.25, 0.3) is 0 Å². The topological polar surface area (TPSA) is 21.3 Å². The summed E-state index contributed by atoms with van der Waals surface area (Å²) in [5.41, 5.74) is 25.3. The summed E-state index contributed by atoms with van der Waals surface area (Å²) in [6.07, 6.45) is 0. The fourth-order valence-corrected chi connectivity index (χ4v) is 14.0. The largest absolute Gasteiger partial charge is 0.455 e. The number of anilines is 3. The van der Waals surface area contributed by atoms with Crippen molar-refractivity contribution < 1.29 is 4.42 Å². The van der Waals surface area contributed by atoms with Crippen LogP contribution in [0.4, 0.5) is 17.1 Å². The number of furan rings is 1. The van der Waals surface area contributed by atoms with Crippen LogP contribution in [-0.2, 0) is 5.41 Å². The number of aromatic nitrogens is 1. The van der Waals surface area contributed by atoms with Gasteiger partial charge in [-0.15, -0.1) is 0 Å².